The smallest absolute Gasteiger partial charge is 0.0594 e. The zero-order valence-corrected chi connectivity index (χ0v) is 15.9. The normalized spacial score (nSPS) is 17.8. The van der Waals surface area contributed by atoms with Crippen LogP contribution in [0.5, 0.6) is 0 Å². The predicted octanol–water partition coefficient (Wildman–Crippen LogP) is 6.63. The Morgan fingerprint density at radius 2 is 1.95 bits per heavy atom. The van der Waals surface area contributed by atoms with E-state index in [1.165, 1.54) is 84.4 Å². The highest BCUT2D eigenvalue weighted by Crippen LogP contribution is 2.35. The van der Waals surface area contributed by atoms with Gasteiger partial charge in [0.1, 0.15) is 0 Å². The van der Waals surface area contributed by atoms with Crippen molar-refractivity contribution in [1.29, 1.82) is 0 Å². The molecule has 1 aliphatic carbocycles. The van der Waals surface area contributed by atoms with Gasteiger partial charge in [-0.2, -0.15) is 0 Å². The van der Waals surface area contributed by atoms with Gasteiger partial charge in [0, 0.05) is 14.7 Å². The van der Waals surface area contributed by atoms with Crippen molar-refractivity contribution in [3.05, 3.63) is 33.0 Å². The number of unbranched alkanes of at least 4 members (excludes halogenated alkanes) is 5. The van der Waals surface area contributed by atoms with Crippen LogP contribution in [0.3, 0.4) is 0 Å². The fourth-order valence-corrected chi connectivity index (χ4v) is 4.57. The van der Waals surface area contributed by atoms with E-state index in [1.807, 2.05) is 0 Å². The molecule has 0 amide bonds. The Bertz CT molecular complexity index is 613. The molecule has 120 valence electrons. The van der Waals surface area contributed by atoms with Crippen LogP contribution in [0.25, 0.3) is 10.9 Å². The molecule has 1 heterocycles. The zero-order chi connectivity index (χ0) is 15.4. The number of aryl methyl sites for hydroxylation is 1. The second-order valence-corrected chi connectivity index (χ2v) is 8.07. The fraction of sp³-hybridized carbons (Fsp3) is 0.600. The van der Waals surface area contributed by atoms with Crippen molar-refractivity contribution in [3.63, 3.8) is 0 Å². The van der Waals surface area contributed by atoms with E-state index in [0.29, 0.717) is 0 Å². The van der Waals surface area contributed by atoms with Crippen LogP contribution in [0.15, 0.2) is 18.2 Å². The summed E-state index contributed by atoms with van der Waals surface area (Å²) in [4.78, 5) is 3.69. The number of rotatable bonds is 7. The maximum atomic E-state index is 3.69. The van der Waals surface area contributed by atoms with Crippen molar-refractivity contribution in [2.75, 3.05) is 0 Å². The first kappa shape index (κ1) is 16.4. The van der Waals surface area contributed by atoms with Gasteiger partial charge in [-0.05, 0) is 59.4 Å². The van der Waals surface area contributed by atoms with Crippen molar-refractivity contribution in [1.82, 2.24) is 4.98 Å². The minimum atomic E-state index is 0.913. The first-order valence-corrected chi connectivity index (χ1v) is 10.2. The molecule has 0 saturated heterocycles. The topological polar surface area (TPSA) is 15.8 Å². The number of aromatic amines is 1. The molecular weight excluding hydrogens is 381 g/mol. The molecule has 1 unspecified atom stereocenters. The molecule has 1 aromatic carbocycles. The van der Waals surface area contributed by atoms with Gasteiger partial charge in [-0.1, -0.05) is 64.0 Å². The number of hydrogen-bond acceptors (Lipinski definition) is 0. The largest absolute Gasteiger partial charge is 0.357 e. The van der Waals surface area contributed by atoms with E-state index < -0.39 is 0 Å². The zero-order valence-electron chi connectivity index (χ0n) is 13.8. The number of hydrogen-bond donors (Lipinski definition) is 1. The molecule has 1 N–H and O–H groups in total. The summed E-state index contributed by atoms with van der Waals surface area (Å²) >= 11 is 2.45. The van der Waals surface area contributed by atoms with Crippen LogP contribution in [-0.2, 0) is 12.8 Å². The Labute approximate surface area is 148 Å². The Hall–Kier alpha value is -0.510. The predicted molar refractivity (Wildman–Crippen MR) is 105 cm³/mol. The van der Waals surface area contributed by atoms with Gasteiger partial charge in [-0.15, -0.1) is 0 Å². The van der Waals surface area contributed by atoms with Crippen LogP contribution < -0.4 is 0 Å². The van der Waals surface area contributed by atoms with Gasteiger partial charge in [0.2, 0.25) is 0 Å². The van der Waals surface area contributed by atoms with Crippen LogP contribution in [0.1, 0.15) is 69.5 Å². The molecule has 2 heteroatoms. The molecule has 0 radical (unpaired) electrons. The average molecular weight is 409 g/mol. The minimum absolute atomic E-state index is 0.913. The number of H-pyrrole nitrogens is 1. The third-order valence-corrected chi connectivity index (χ3v) is 6.14. The molecule has 3 rings (SSSR count). The lowest BCUT2D eigenvalue weighted by Crippen LogP contribution is -2.13. The van der Waals surface area contributed by atoms with E-state index in [-0.39, 0.29) is 0 Å². The summed E-state index contributed by atoms with van der Waals surface area (Å²) in [6.45, 7) is 2.29. The second-order valence-electron chi connectivity index (χ2n) is 6.91. The Balaban J connectivity index is 1.57. The van der Waals surface area contributed by atoms with Crippen molar-refractivity contribution < 1.29 is 0 Å². The summed E-state index contributed by atoms with van der Waals surface area (Å²) in [5, 5.41) is 1.48. The highest BCUT2D eigenvalue weighted by atomic mass is 127. The summed E-state index contributed by atoms with van der Waals surface area (Å²) in [7, 11) is 0. The molecule has 0 bridgehead atoms. The Morgan fingerprint density at radius 3 is 2.82 bits per heavy atom. The lowest BCUT2D eigenvalue weighted by molar-refractivity contribution is 0.404. The van der Waals surface area contributed by atoms with Gasteiger partial charge in [0.05, 0.1) is 5.52 Å². The highest BCUT2D eigenvalue weighted by Gasteiger charge is 2.22. The van der Waals surface area contributed by atoms with Gasteiger partial charge < -0.3 is 4.98 Å². The summed E-state index contributed by atoms with van der Waals surface area (Å²) < 4.78 is 1.36. The molecule has 1 atom stereocenters. The summed E-state index contributed by atoms with van der Waals surface area (Å²) in [6, 6.07) is 6.72. The van der Waals surface area contributed by atoms with Crippen LogP contribution >= 0.6 is 22.6 Å². The molecule has 1 nitrogen and oxygen atoms in total. The lowest BCUT2D eigenvalue weighted by atomic mass is 9.83. The van der Waals surface area contributed by atoms with Gasteiger partial charge in [-0.25, -0.2) is 0 Å². The molecular formula is C20H28IN. The van der Waals surface area contributed by atoms with Crippen molar-refractivity contribution >= 4 is 33.5 Å². The molecule has 22 heavy (non-hydrogen) atoms. The summed E-state index contributed by atoms with van der Waals surface area (Å²) in [5.74, 6) is 0.913. The van der Waals surface area contributed by atoms with Crippen molar-refractivity contribution in [2.45, 2.75) is 71.1 Å². The minimum Gasteiger partial charge on any atom is -0.357 e. The van der Waals surface area contributed by atoms with Gasteiger partial charge in [0.25, 0.3) is 0 Å². The molecule has 0 spiro atoms. The SMILES string of the molecule is CCCCCCCCC1CCc2[nH]c3c(I)cccc3c2C1. The number of fused-ring (bicyclic) bond motifs is 3. The van der Waals surface area contributed by atoms with Crippen LogP contribution in [0.2, 0.25) is 0 Å². The van der Waals surface area contributed by atoms with E-state index in [2.05, 4.69) is 52.7 Å². The van der Waals surface area contributed by atoms with Crippen molar-refractivity contribution in [2.24, 2.45) is 5.92 Å². The fourth-order valence-electron chi connectivity index (χ4n) is 3.94. The third kappa shape index (κ3) is 3.69. The van der Waals surface area contributed by atoms with E-state index in [0.717, 1.165) is 5.92 Å². The van der Waals surface area contributed by atoms with E-state index in [1.54, 1.807) is 5.56 Å². The Kier molecular flexibility index (Phi) is 5.83. The van der Waals surface area contributed by atoms with Gasteiger partial charge in [-0.3, -0.25) is 0 Å². The van der Waals surface area contributed by atoms with Crippen molar-refractivity contribution in [3.8, 4) is 0 Å². The van der Waals surface area contributed by atoms with E-state index in [4.69, 9.17) is 0 Å². The highest BCUT2D eigenvalue weighted by molar-refractivity contribution is 14.1. The average Bonchev–Trinajstić information content (AvgIpc) is 2.90. The molecule has 2 aromatic rings. The number of benzene rings is 1. The second kappa shape index (κ2) is 7.85. The molecule has 0 fully saturated rings. The molecule has 0 saturated carbocycles. The van der Waals surface area contributed by atoms with Gasteiger partial charge in [0.15, 0.2) is 0 Å². The summed E-state index contributed by atoms with van der Waals surface area (Å²) in [5.41, 5.74) is 4.50. The van der Waals surface area contributed by atoms with Gasteiger partial charge >= 0.3 is 0 Å². The van der Waals surface area contributed by atoms with Crippen LogP contribution in [0, 0.1) is 9.49 Å². The maximum Gasteiger partial charge on any atom is 0.0594 e. The van der Waals surface area contributed by atoms with E-state index in [9.17, 15) is 0 Å². The first-order chi connectivity index (χ1) is 10.8. The molecule has 0 aliphatic heterocycles. The number of aromatic nitrogens is 1. The number of halogens is 1. The maximum absolute atomic E-state index is 3.69. The number of para-hydroxylation sites is 1. The standard InChI is InChI=1S/C20H28IN/c1-2-3-4-5-6-7-9-15-12-13-19-17(14-15)16-10-8-11-18(21)20(16)22-19/h8,10-11,15,22H,2-7,9,12-14H2,1H3. The molecule has 1 aliphatic rings. The van der Waals surface area contributed by atoms with E-state index >= 15 is 0 Å². The first-order valence-electron chi connectivity index (χ1n) is 9.07. The third-order valence-electron chi connectivity index (χ3n) is 5.24. The lowest BCUT2D eigenvalue weighted by Gasteiger charge is -2.22. The quantitative estimate of drug-likeness (QED) is 0.390. The summed E-state index contributed by atoms with van der Waals surface area (Å²) in [6.07, 6.45) is 13.9. The van der Waals surface area contributed by atoms with Crippen LogP contribution in [0.4, 0.5) is 0 Å². The number of nitrogens with one attached hydrogen (secondary N) is 1. The molecule has 1 aromatic heterocycles. The Morgan fingerprint density at radius 1 is 1.14 bits per heavy atom. The monoisotopic (exact) mass is 409 g/mol. The van der Waals surface area contributed by atoms with Crippen LogP contribution in [-0.4, -0.2) is 4.98 Å².